The molecule has 2 bridgehead atoms. The van der Waals surface area contributed by atoms with E-state index in [2.05, 4.69) is 43.0 Å². The van der Waals surface area contributed by atoms with Crippen LogP contribution in [0.1, 0.15) is 56.2 Å². The quantitative estimate of drug-likeness (QED) is 0.633. The molecule has 2 unspecified atom stereocenters. The van der Waals surface area contributed by atoms with Crippen molar-refractivity contribution in [2.45, 2.75) is 45.1 Å². The third kappa shape index (κ3) is 4.85. The lowest BCUT2D eigenvalue weighted by Crippen LogP contribution is -2.28. The van der Waals surface area contributed by atoms with E-state index < -0.39 is 11.9 Å². The highest BCUT2D eigenvalue weighted by molar-refractivity contribution is 6.27. The van der Waals surface area contributed by atoms with Crippen molar-refractivity contribution in [3.8, 4) is 5.75 Å². The molecule has 1 aromatic rings. The fourth-order valence-corrected chi connectivity index (χ4v) is 3.69. The van der Waals surface area contributed by atoms with Gasteiger partial charge in [0.15, 0.2) is 0 Å². The monoisotopic (exact) mass is 361 g/mol. The van der Waals surface area contributed by atoms with Crippen molar-refractivity contribution in [2.24, 2.45) is 0 Å². The minimum Gasteiger partial charge on any atom is -0.497 e. The van der Waals surface area contributed by atoms with Crippen molar-refractivity contribution in [3.05, 3.63) is 41.0 Å². The fourth-order valence-electron chi connectivity index (χ4n) is 3.69. The molecule has 26 heavy (non-hydrogen) atoms. The van der Waals surface area contributed by atoms with Crippen LogP contribution in [-0.2, 0) is 9.59 Å². The van der Waals surface area contributed by atoms with Crippen molar-refractivity contribution in [2.75, 3.05) is 20.2 Å². The number of carboxylic acids is 2. The number of benzene rings is 1. The lowest BCUT2D eigenvalue weighted by Gasteiger charge is -2.28. The molecule has 2 N–H and O–H groups in total. The Bertz CT molecular complexity index is 681. The molecule has 2 atom stereocenters. The third-order valence-electron chi connectivity index (χ3n) is 4.96. The highest BCUT2D eigenvalue weighted by Crippen LogP contribution is 2.48. The number of carboxylic acid groups (broad SMARTS) is 2. The van der Waals surface area contributed by atoms with Gasteiger partial charge < -0.3 is 14.9 Å². The molecule has 1 saturated heterocycles. The molecule has 6 heteroatoms. The van der Waals surface area contributed by atoms with E-state index in [1.165, 1.54) is 42.5 Å². The van der Waals surface area contributed by atoms with E-state index in [1.807, 2.05) is 0 Å². The van der Waals surface area contributed by atoms with Crippen molar-refractivity contribution in [3.63, 3.8) is 0 Å². The number of rotatable bonds is 3. The zero-order valence-corrected chi connectivity index (χ0v) is 15.6. The molecular formula is C20H27NO5. The SMILES string of the molecule is COc1ccc2c(c1)C1CCCN(CC=C(C)C)C2C1.O=C(O)C(=O)O. The van der Waals surface area contributed by atoms with Gasteiger partial charge in [-0.1, -0.05) is 17.7 Å². The number of allylic oxidation sites excluding steroid dienone is 1. The Morgan fingerprint density at radius 3 is 2.50 bits per heavy atom. The van der Waals surface area contributed by atoms with Crippen LogP contribution in [0, 0.1) is 0 Å². The second-order valence-corrected chi connectivity index (χ2v) is 6.97. The van der Waals surface area contributed by atoms with Crippen LogP contribution in [0.4, 0.5) is 0 Å². The van der Waals surface area contributed by atoms with Crippen molar-refractivity contribution in [1.82, 2.24) is 4.90 Å². The Hall–Kier alpha value is -2.34. The molecule has 1 aliphatic carbocycles. The van der Waals surface area contributed by atoms with Crippen molar-refractivity contribution in [1.29, 1.82) is 0 Å². The van der Waals surface area contributed by atoms with Gasteiger partial charge in [-0.15, -0.1) is 0 Å². The van der Waals surface area contributed by atoms with Gasteiger partial charge in [0.1, 0.15) is 5.75 Å². The summed E-state index contributed by atoms with van der Waals surface area (Å²) < 4.78 is 5.40. The fraction of sp³-hybridized carbons (Fsp3) is 0.500. The van der Waals surface area contributed by atoms with Gasteiger partial charge in [-0.3, -0.25) is 4.90 Å². The van der Waals surface area contributed by atoms with Crippen LogP contribution in [0.3, 0.4) is 0 Å². The van der Waals surface area contributed by atoms with E-state index in [0.29, 0.717) is 6.04 Å². The van der Waals surface area contributed by atoms with Crippen LogP contribution in [-0.4, -0.2) is 47.3 Å². The number of likely N-dealkylation sites (tertiary alicyclic amines) is 1. The first kappa shape index (κ1) is 20.0. The molecule has 0 radical (unpaired) electrons. The molecule has 3 rings (SSSR count). The molecule has 0 spiro atoms. The topological polar surface area (TPSA) is 87.1 Å². The van der Waals surface area contributed by atoms with Gasteiger partial charge in [-0.05, 0) is 68.8 Å². The lowest BCUT2D eigenvalue weighted by atomic mass is 9.96. The van der Waals surface area contributed by atoms with Crippen molar-refractivity contribution < 1.29 is 24.5 Å². The zero-order valence-electron chi connectivity index (χ0n) is 15.6. The van der Waals surface area contributed by atoms with E-state index in [-0.39, 0.29) is 0 Å². The van der Waals surface area contributed by atoms with E-state index in [0.717, 1.165) is 18.2 Å². The number of carbonyl (C=O) groups is 2. The van der Waals surface area contributed by atoms with E-state index in [1.54, 1.807) is 7.11 Å². The summed E-state index contributed by atoms with van der Waals surface area (Å²) in [6.45, 7) is 6.70. The average Bonchev–Trinajstić information content (AvgIpc) is 2.81. The number of aliphatic carboxylic acids is 2. The second kappa shape index (κ2) is 8.85. The molecule has 142 valence electrons. The van der Waals surface area contributed by atoms with Gasteiger partial charge >= 0.3 is 11.9 Å². The molecule has 1 aromatic carbocycles. The summed E-state index contributed by atoms with van der Waals surface area (Å²) in [5, 5.41) is 14.8. The highest BCUT2D eigenvalue weighted by Gasteiger charge is 2.36. The maximum atomic E-state index is 9.10. The normalized spacial score (nSPS) is 20.9. The van der Waals surface area contributed by atoms with Crippen LogP contribution in [0.5, 0.6) is 5.75 Å². The number of hydrogen-bond acceptors (Lipinski definition) is 4. The van der Waals surface area contributed by atoms with Gasteiger partial charge in [-0.2, -0.15) is 0 Å². The van der Waals surface area contributed by atoms with Crippen LogP contribution in [0.25, 0.3) is 0 Å². The average molecular weight is 361 g/mol. The van der Waals surface area contributed by atoms with Gasteiger partial charge in [0.25, 0.3) is 0 Å². The smallest absolute Gasteiger partial charge is 0.414 e. The van der Waals surface area contributed by atoms with Crippen LogP contribution in [0.2, 0.25) is 0 Å². The van der Waals surface area contributed by atoms with Gasteiger partial charge in [-0.25, -0.2) is 9.59 Å². The molecule has 1 fully saturated rings. The van der Waals surface area contributed by atoms with Crippen LogP contribution < -0.4 is 4.74 Å². The standard InChI is InChI=1S/C18H25NO.C2H2O4/c1-13(2)8-10-19-9-4-5-14-11-18(19)16-7-6-15(20-3)12-17(14)16;3-1(4)2(5)6/h6-8,12,14,18H,4-5,9-11H2,1-3H3;(H,3,4)(H,5,6). The lowest BCUT2D eigenvalue weighted by molar-refractivity contribution is -0.159. The number of nitrogens with zero attached hydrogens (tertiary/aromatic N) is 1. The predicted molar refractivity (Wildman–Crippen MR) is 98.6 cm³/mol. The Morgan fingerprint density at radius 2 is 1.92 bits per heavy atom. The van der Waals surface area contributed by atoms with E-state index in [4.69, 9.17) is 24.5 Å². The molecule has 0 aromatic heterocycles. The minimum atomic E-state index is -1.82. The second-order valence-electron chi connectivity index (χ2n) is 6.97. The molecule has 0 amide bonds. The number of hydrogen-bond donors (Lipinski definition) is 2. The molecular weight excluding hydrogens is 334 g/mol. The largest absolute Gasteiger partial charge is 0.497 e. The first-order valence-corrected chi connectivity index (χ1v) is 8.85. The van der Waals surface area contributed by atoms with Crippen LogP contribution in [0.15, 0.2) is 29.8 Å². The maximum Gasteiger partial charge on any atom is 0.414 e. The van der Waals surface area contributed by atoms with Crippen LogP contribution >= 0.6 is 0 Å². The molecule has 6 nitrogen and oxygen atoms in total. The van der Waals surface area contributed by atoms with Gasteiger partial charge in [0, 0.05) is 12.6 Å². The summed E-state index contributed by atoms with van der Waals surface area (Å²) in [5.74, 6) is -1.90. The first-order chi connectivity index (χ1) is 12.3. The Labute approximate surface area is 154 Å². The Balaban J connectivity index is 0.000000352. The summed E-state index contributed by atoms with van der Waals surface area (Å²) in [6, 6.07) is 7.29. The number of fused-ring (bicyclic) bond motifs is 5. The predicted octanol–water partition coefficient (Wildman–Crippen LogP) is 3.44. The first-order valence-electron chi connectivity index (χ1n) is 8.85. The summed E-state index contributed by atoms with van der Waals surface area (Å²) in [6.07, 6.45) is 6.29. The van der Waals surface area contributed by atoms with Crippen molar-refractivity contribution >= 4 is 11.9 Å². The Kier molecular flexibility index (Phi) is 6.80. The molecule has 2 aliphatic rings. The summed E-state index contributed by atoms with van der Waals surface area (Å²) in [7, 11) is 1.76. The summed E-state index contributed by atoms with van der Waals surface area (Å²) >= 11 is 0. The molecule has 1 heterocycles. The zero-order chi connectivity index (χ0) is 19.3. The Morgan fingerprint density at radius 1 is 1.23 bits per heavy atom. The minimum absolute atomic E-state index is 0.610. The molecule has 0 saturated carbocycles. The van der Waals surface area contributed by atoms with E-state index in [9.17, 15) is 0 Å². The number of ether oxygens (including phenoxy) is 1. The molecule has 1 aliphatic heterocycles. The van der Waals surface area contributed by atoms with Gasteiger partial charge in [0.05, 0.1) is 7.11 Å². The third-order valence-corrected chi connectivity index (χ3v) is 4.96. The summed E-state index contributed by atoms with van der Waals surface area (Å²) in [4.78, 5) is 20.9. The summed E-state index contributed by atoms with van der Waals surface area (Å²) in [5.41, 5.74) is 4.49. The highest BCUT2D eigenvalue weighted by atomic mass is 16.5. The van der Waals surface area contributed by atoms with Gasteiger partial charge in [0.2, 0.25) is 0 Å². The number of methoxy groups -OCH3 is 1. The van der Waals surface area contributed by atoms with E-state index >= 15 is 0 Å². The maximum absolute atomic E-state index is 9.10.